The molecule has 0 fully saturated rings. The van der Waals surface area contributed by atoms with Crippen molar-refractivity contribution in [1.82, 2.24) is 5.32 Å². The number of sulfonamides is 1. The van der Waals surface area contributed by atoms with Crippen LogP contribution < -0.4 is 14.8 Å². The number of hydrogen-bond acceptors (Lipinski definition) is 5. The minimum Gasteiger partial charge on any atom is -0.495 e. The van der Waals surface area contributed by atoms with Gasteiger partial charge in [0, 0.05) is 16.8 Å². The quantitative estimate of drug-likeness (QED) is 0.859. The van der Waals surface area contributed by atoms with E-state index in [1.54, 1.807) is 35.7 Å². The lowest BCUT2D eigenvalue weighted by molar-refractivity contribution is 0.417. The summed E-state index contributed by atoms with van der Waals surface area (Å²) >= 11 is 1.41. The average molecular weight is 312 g/mol. The number of para-hydroxylation sites is 2. The molecule has 0 amide bonds. The largest absolute Gasteiger partial charge is 0.495 e. The zero-order chi connectivity index (χ0) is 14.6. The number of hydrogen-bond donors (Lipinski definition) is 2. The topological polar surface area (TPSA) is 67.4 Å². The molecule has 0 bridgehead atoms. The van der Waals surface area contributed by atoms with Gasteiger partial charge in [0.05, 0.1) is 17.7 Å². The van der Waals surface area contributed by atoms with Crippen molar-refractivity contribution in [2.45, 2.75) is 11.4 Å². The SMILES string of the molecule is CNCc1cc(S(=O)(=O)Nc2ccccc2OC)cs1. The van der Waals surface area contributed by atoms with E-state index in [1.807, 2.05) is 7.05 Å². The third kappa shape index (κ3) is 3.30. The van der Waals surface area contributed by atoms with Crippen LogP contribution in [0.5, 0.6) is 5.75 Å². The molecule has 0 aliphatic carbocycles. The summed E-state index contributed by atoms with van der Waals surface area (Å²) in [4.78, 5) is 1.23. The van der Waals surface area contributed by atoms with E-state index in [4.69, 9.17) is 4.74 Å². The van der Waals surface area contributed by atoms with Crippen LogP contribution in [0.2, 0.25) is 0 Å². The van der Waals surface area contributed by atoms with Gasteiger partial charge in [-0.25, -0.2) is 8.42 Å². The fourth-order valence-corrected chi connectivity index (χ4v) is 4.06. The Kier molecular flexibility index (Phi) is 4.64. The summed E-state index contributed by atoms with van der Waals surface area (Å²) in [6.07, 6.45) is 0. The molecule has 0 saturated carbocycles. The molecule has 0 atom stereocenters. The Balaban J connectivity index is 2.26. The maximum absolute atomic E-state index is 12.3. The lowest BCUT2D eigenvalue weighted by Gasteiger charge is -2.10. The van der Waals surface area contributed by atoms with Crippen molar-refractivity contribution in [1.29, 1.82) is 0 Å². The van der Waals surface area contributed by atoms with Gasteiger partial charge in [-0.3, -0.25) is 4.72 Å². The van der Waals surface area contributed by atoms with Gasteiger partial charge in [-0.15, -0.1) is 11.3 Å². The molecule has 0 aliphatic heterocycles. The summed E-state index contributed by atoms with van der Waals surface area (Å²) in [5, 5.41) is 4.62. The van der Waals surface area contributed by atoms with Crippen molar-refractivity contribution in [3.8, 4) is 5.75 Å². The van der Waals surface area contributed by atoms with Crippen LogP contribution in [0, 0.1) is 0 Å². The Labute approximate surface area is 122 Å². The minimum absolute atomic E-state index is 0.263. The van der Waals surface area contributed by atoms with Gasteiger partial charge in [0.2, 0.25) is 0 Å². The van der Waals surface area contributed by atoms with E-state index < -0.39 is 10.0 Å². The number of benzene rings is 1. The van der Waals surface area contributed by atoms with E-state index in [9.17, 15) is 8.42 Å². The van der Waals surface area contributed by atoms with Crippen LogP contribution in [0.4, 0.5) is 5.69 Å². The molecule has 5 nitrogen and oxygen atoms in total. The Morgan fingerprint density at radius 1 is 1.30 bits per heavy atom. The summed E-state index contributed by atoms with van der Waals surface area (Å²) in [5.41, 5.74) is 0.427. The molecule has 2 rings (SSSR count). The molecule has 0 spiro atoms. The number of nitrogens with one attached hydrogen (secondary N) is 2. The van der Waals surface area contributed by atoms with Gasteiger partial charge >= 0.3 is 0 Å². The molecule has 108 valence electrons. The second-order valence-corrected chi connectivity index (χ2v) is 6.76. The highest BCUT2D eigenvalue weighted by Crippen LogP contribution is 2.27. The molecule has 0 aliphatic rings. The maximum atomic E-state index is 12.3. The summed E-state index contributed by atoms with van der Waals surface area (Å²) < 4.78 is 32.3. The summed E-state index contributed by atoms with van der Waals surface area (Å²) in [5.74, 6) is 0.488. The fraction of sp³-hybridized carbons (Fsp3) is 0.231. The first kappa shape index (κ1) is 14.8. The van der Waals surface area contributed by atoms with Crippen molar-refractivity contribution in [3.63, 3.8) is 0 Å². The van der Waals surface area contributed by atoms with Gasteiger partial charge in [-0.05, 0) is 25.2 Å². The lowest BCUT2D eigenvalue weighted by Crippen LogP contribution is -2.13. The zero-order valence-corrected chi connectivity index (χ0v) is 12.8. The number of methoxy groups -OCH3 is 1. The van der Waals surface area contributed by atoms with Gasteiger partial charge in [0.25, 0.3) is 10.0 Å². The monoisotopic (exact) mass is 312 g/mol. The van der Waals surface area contributed by atoms with Crippen LogP contribution in [-0.2, 0) is 16.6 Å². The van der Waals surface area contributed by atoms with E-state index in [2.05, 4.69) is 10.0 Å². The Hall–Kier alpha value is -1.57. The molecule has 1 heterocycles. The second-order valence-electron chi connectivity index (χ2n) is 4.08. The normalized spacial score (nSPS) is 11.3. The molecule has 0 unspecified atom stereocenters. The van der Waals surface area contributed by atoms with E-state index in [-0.39, 0.29) is 4.90 Å². The summed E-state index contributed by atoms with van der Waals surface area (Å²) in [6.45, 7) is 0.648. The fourth-order valence-electron chi connectivity index (χ4n) is 1.70. The van der Waals surface area contributed by atoms with Crippen LogP contribution in [-0.4, -0.2) is 22.6 Å². The summed E-state index contributed by atoms with van der Waals surface area (Å²) in [7, 11) is -0.268. The van der Waals surface area contributed by atoms with Crippen LogP contribution in [0.3, 0.4) is 0 Å². The highest BCUT2D eigenvalue weighted by Gasteiger charge is 2.18. The first-order valence-electron chi connectivity index (χ1n) is 5.94. The second kappa shape index (κ2) is 6.25. The highest BCUT2D eigenvalue weighted by atomic mass is 32.2. The molecule has 2 N–H and O–H groups in total. The first-order valence-corrected chi connectivity index (χ1v) is 8.31. The van der Waals surface area contributed by atoms with Gasteiger partial charge in [0.15, 0.2) is 0 Å². The Morgan fingerprint density at radius 2 is 2.05 bits per heavy atom. The molecular formula is C13H16N2O3S2. The lowest BCUT2D eigenvalue weighted by atomic mass is 10.3. The minimum atomic E-state index is -3.59. The predicted molar refractivity (Wildman–Crippen MR) is 80.9 cm³/mol. The van der Waals surface area contributed by atoms with Crippen LogP contribution >= 0.6 is 11.3 Å². The predicted octanol–water partition coefficient (Wildman–Crippen LogP) is 2.28. The third-order valence-electron chi connectivity index (χ3n) is 2.64. The third-order valence-corrected chi connectivity index (χ3v) is 5.07. The first-order chi connectivity index (χ1) is 9.56. The number of anilines is 1. The van der Waals surface area contributed by atoms with E-state index in [0.29, 0.717) is 18.0 Å². The van der Waals surface area contributed by atoms with Gasteiger partial charge < -0.3 is 10.1 Å². The van der Waals surface area contributed by atoms with Crippen LogP contribution in [0.15, 0.2) is 40.6 Å². The van der Waals surface area contributed by atoms with E-state index in [0.717, 1.165) is 4.88 Å². The Bertz CT molecular complexity index is 680. The average Bonchev–Trinajstić information content (AvgIpc) is 2.89. The van der Waals surface area contributed by atoms with Crippen molar-refractivity contribution < 1.29 is 13.2 Å². The molecule has 2 aromatic rings. The van der Waals surface area contributed by atoms with E-state index >= 15 is 0 Å². The van der Waals surface area contributed by atoms with Crippen molar-refractivity contribution in [3.05, 3.63) is 40.6 Å². The molecular weight excluding hydrogens is 296 g/mol. The number of thiophene rings is 1. The molecule has 7 heteroatoms. The molecule has 0 radical (unpaired) electrons. The Morgan fingerprint density at radius 3 is 2.75 bits per heavy atom. The molecule has 1 aromatic carbocycles. The van der Waals surface area contributed by atoms with Gasteiger partial charge in [-0.1, -0.05) is 12.1 Å². The summed E-state index contributed by atoms with van der Waals surface area (Å²) in [6, 6.07) is 8.57. The van der Waals surface area contributed by atoms with Crippen LogP contribution in [0.25, 0.3) is 0 Å². The van der Waals surface area contributed by atoms with Crippen molar-refractivity contribution >= 4 is 27.0 Å². The highest BCUT2D eigenvalue weighted by molar-refractivity contribution is 7.92. The van der Waals surface area contributed by atoms with E-state index in [1.165, 1.54) is 18.4 Å². The van der Waals surface area contributed by atoms with Crippen molar-refractivity contribution in [2.24, 2.45) is 0 Å². The van der Waals surface area contributed by atoms with Gasteiger partial charge in [0.1, 0.15) is 5.75 Å². The standard InChI is InChI=1S/C13H16N2O3S2/c1-14-8-10-7-11(9-19-10)20(16,17)15-12-5-3-4-6-13(12)18-2/h3-7,9,14-15H,8H2,1-2H3. The maximum Gasteiger partial charge on any atom is 0.262 e. The molecule has 0 saturated heterocycles. The zero-order valence-electron chi connectivity index (χ0n) is 11.2. The smallest absolute Gasteiger partial charge is 0.262 e. The van der Waals surface area contributed by atoms with Crippen LogP contribution in [0.1, 0.15) is 4.88 Å². The number of rotatable bonds is 6. The van der Waals surface area contributed by atoms with Gasteiger partial charge in [-0.2, -0.15) is 0 Å². The molecule has 1 aromatic heterocycles. The van der Waals surface area contributed by atoms with Crippen molar-refractivity contribution in [2.75, 3.05) is 18.9 Å². The number of ether oxygens (including phenoxy) is 1. The molecule has 20 heavy (non-hydrogen) atoms.